The van der Waals surface area contributed by atoms with Crippen molar-refractivity contribution in [1.82, 2.24) is 0 Å². The number of carboxylic acid groups (broad SMARTS) is 1. The second-order valence-corrected chi connectivity index (χ2v) is 3.03. The lowest BCUT2D eigenvalue weighted by molar-refractivity contribution is -0.132. The molecule has 0 amide bonds. The molecule has 1 aromatic carbocycles. The fourth-order valence-corrected chi connectivity index (χ4v) is 1.23. The minimum Gasteiger partial charge on any atom is -0.478 e. The number of hydrogen-bond acceptors (Lipinski definition) is 2. The van der Waals surface area contributed by atoms with Crippen molar-refractivity contribution in [1.29, 1.82) is 5.26 Å². The summed E-state index contributed by atoms with van der Waals surface area (Å²) >= 11 is 0. The Hall–Kier alpha value is -2.08. The number of aliphatic carboxylic acids is 1. The van der Waals surface area contributed by atoms with Crippen LogP contribution in [0.3, 0.4) is 0 Å². The molecule has 0 saturated heterocycles. The molecule has 1 aromatic rings. The van der Waals surface area contributed by atoms with E-state index < -0.39 is 5.97 Å². The number of hydrogen-bond donors (Lipinski definition) is 1. The van der Waals surface area contributed by atoms with Gasteiger partial charge < -0.3 is 5.11 Å². The molecule has 0 aliphatic carbocycles. The van der Waals surface area contributed by atoms with Crippen molar-refractivity contribution in [2.45, 2.75) is 13.3 Å². The maximum absolute atomic E-state index is 10.8. The van der Waals surface area contributed by atoms with Crippen LogP contribution in [-0.4, -0.2) is 11.1 Å². The maximum Gasteiger partial charge on any atom is 0.331 e. The van der Waals surface area contributed by atoms with Crippen molar-refractivity contribution in [3.05, 3.63) is 41.0 Å². The zero-order valence-electron chi connectivity index (χ0n) is 8.40. The van der Waals surface area contributed by atoms with Gasteiger partial charge in [-0.1, -0.05) is 25.1 Å². The third kappa shape index (κ3) is 2.68. The smallest absolute Gasteiger partial charge is 0.331 e. The number of nitriles is 1. The van der Waals surface area contributed by atoms with Gasteiger partial charge in [-0.2, -0.15) is 5.26 Å². The minimum absolute atomic E-state index is 0.303. The van der Waals surface area contributed by atoms with E-state index in [1.54, 1.807) is 37.3 Å². The van der Waals surface area contributed by atoms with E-state index in [1.165, 1.54) is 0 Å². The van der Waals surface area contributed by atoms with E-state index in [-0.39, 0.29) is 0 Å². The van der Waals surface area contributed by atoms with Crippen molar-refractivity contribution in [3.63, 3.8) is 0 Å². The van der Waals surface area contributed by atoms with E-state index in [0.29, 0.717) is 23.1 Å². The van der Waals surface area contributed by atoms with Crippen molar-refractivity contribution >= 4 is 12.0 Å². The van der Waals surface area contributed by atoms with Crippen molar-refractivity contribution < 1.29 is 9.90 Å². The molecule has 1 N–H and O–H groups in total. The van der Waals surface area contributed by atoms with Gasteiger partial charge in [0.15, 0.2) is 0 Å². The summed E-state index contributed by atoms with van der Waals surface area (Å²) in [5.74, 6) is -0.940. The molecule has 0 aliphatic rings. The maximum atomic E-state index is 10.8. The van der Waals surface area contributed by atoms with Crippen LogP contribution >= 0.6 is 0 Å². The summed E-state index contributed by atoms with van der Waals surface area (Å²) in [4.78, 5) is 10.8. The Labute approximate surface area is 88.3 Å². The van der Waals surface area contributed by atoms with Crippen LogP contribution < -0.4 is 0 Å². The summed E-state index contributed by atoms with van der Waals surface area (Å²) < 4.78 is 0. The molecular weight excluding hydrogens is 190 g/mol. The number of rotatable bonds is 3. The van der Waals surface area contributed by atoms with E-state index in [2.05, 4.69) is 0 Å². The largest absolute Gasteiger partial charge is 0.478 e. The average Bonchev–Trinajstić information content (AvgIpc) is 2.25. The second-order valence-electron chi connectivity index (χ2n) is 3.03. The van der Waals surface area contributed by atoms with Crippen LogP contribution in [-0.2, 0) is 4.79 Å². The summed E-state index contributed by atoms with van der Waals surface area (Å²) in [6.07, 6.45) is 1.98. The van der Waals surface area contributed by atoms with Crippen LogP contribution in [0.15, 0.2) is 29.8 Å². The molecule has 0 saturated carbocycles. The van der Waals surface area contributed by atoms with Crippen LogP contribution in [0, 0.1) is 11.3 Å². The Bertz CT molecular complexity index is 441. The lowest BCUT2D eigenvalue weighted by Gasteiger charge is -2.00. The van der Waals surface area contributed by atoms with Gasteiger partial charge >= 0.3 is 5.97 Å². The Balaban J connectivity index is 3.18. The molecule has 0 heterocycles. The number of carboxylic acids is 1. The van der Waals surface area contributed by atoms with Gasteiger partial charge in [0.2, 0.25) is 0 Å². The fourth-order valence-electron chi connectivity index (χ4n) is 1.23. The van der Waals surface area contributed by atoms with Gasteiger partial charge in [-0.05, 0) is 24.1 Å². The van der Waals surface area contributed by atoms with Gasteiger partial charge in [0.1, 0.15) is 0 Å². The van der Waals surface area contributed by atoms with Crippen LogP contribution in [0.2, 0.25) is 0 Å². The quantitative estimate of drug-likeness (QED) is 0.764. The monoisotopic (exact) mass is 201 g/mol. The lowest BCUT2D eigenvalue weighted by Crippen LogP contribution is -1.99. The number of benzene rings is 1. The van der Waals surface area contributed by atoms with E-state index in [9.17, 15) is 4.79 Å². The zero-order valence-corrected chi connectivity index (χ0v) is 8.40. The molecule has 0 unspecified atom stereocenters. The molecule has 0 fully saturated rings. The van der Waals surface area contributed by atoms with Gasteiger partial charge in [0.25, 0.3) is 0 Å². The van der Waals surface area contributed by atoms with Crippen LogP contribution in [0.4, 0.5) is 0 Å². The molecule has 3 nitrogen and oxygen atoms in total. The Morgan fingerprint density at radius 2 is 2.20 bits per heavy atom. The Kier molecular flexibility index (Phi) is 3.64. The van der Waals surface area contributed by atoms with Gasteiger partial charge in [-0.25, -0.2) is 4.79 Å². The molecule has 76 valence electrons. The van der Waals surface area contributed by atoms with Crippen LogP contribution in [0.5, 0.6) is 0 Å². The van der Waals surface area contributed by atoms with Crippen molar-refractivity contribution in [3.8, 4) is 6.07 Å². The molecule has 3 heteroatoms. The van der Waals surface area contributed by atoms with Gasteiger partial charge in [-0.15, -0.1) is 0 Å². The predicted molar refractivity (Wildman–Crippen MR) is 57.1 cm³/mol. The summed E-state index contributed by atoms with van der Waals surface area (Å²) in [5.41, 5.74) is 1.45. The van der Waals surface area contributed by atoms with Gasteiger partial charge in [-0.3, -0.25) is 0 Å². The van der Waals surface area contributed by atoms with E-state index in [1.807, 2.05) is 6.07 Å². The normalized spacial score (nSPS) is 10.8. The molecule has 0 radical (unpaired) electrons. The first kappa shape index (κ1) is 11.0. The standard InChI is InChI=1S/C12H11NO2/c1-2-9(12(14)15)7-10-5-3-4-6-11(10)8-13/h3-7H,2H2,1H3,(H,14,15)/b9-7+. The highest BCUT2D eigenvalue weighted by molar-refractivity contribution is 5.92. The summed E-state index contributed by atoms with van der Waals surface area (Å²) in [6, 6.07) is 8.96. The summed E-state index contributed by atoms with van der Waals surface area (Å²) in [7, 11) is 0. The minimum atomic E-state index is -0.940. The third-order valence-corrected chi connectivity index (χ3v) is 2.07. The van der Waals surface area contributed by atoms with Gasteiger partial charge in [0.05, 0.1) is 11.6 Å². The molecule has 0 atom stereocenters. The number of nitrogens with zero attached hydrogens (tertiary/aromatic N) is 1. The zero-order chi connectivity index (χ0) is 11.3. The first-order valence-electron chi connectivity index (χ1n) is 4.62. The predicted octanol–water partition coefficient (Wildman–Crippen LogP) is 2.44. The molecule has 15 heavy (non-hydrogen) atoms. The summed E-state index contributed by atoms with van der Waals surface area (Å²) in [6.45, 7) is 1.77. The van der Waals surface area contributed by atoms with Crippen molar-refractivity contribution in [2.75, 3.05) is 0 Å². The molecule has 0 aromatic heterocycles. The molecule has 0 aliphatic heterocycles. The lowest BCUT2D eigenvalue weighted by atomic mass is 10.0. The highest BCUT2D eigenvalue weighted by Gasteiger charge is 2.05. The SMILES string of the molecule is CC/C(=C\c1ccccc1C#N)C(=O)O. The highest BCUT2D eigenvalue weighted by atomic mass is 16.4. The first-order valence-corrected chi connectivity index (χ1v) is 4.62. The highest BCUT2D eigenvalue weighted by Crippen LogP contribution is 2.14. The molecule has 0 bridgehead atoms. The molecule has 1 rings (SSSR count). The van der Waals surface area contributed by atoms with Crippen LogP contribution in [0.1, 0.15) is 24.5 Å². The van der Waals surface area contributed by atoms with E-state index in [4.69, 9.17) is 10.4 Å². The van der Waals surface area contributed by atoms with Crippen LogP contribution in [0.25, 0.3) is 6.08 Å². The number of carbonyl (C=O) groups is 1. The average molecular weight is 201 g/mol. The molecular formula is C12H11NO2. The first-order chi connectivity index (χ1) is 7.19. The van der Waals surface area contributed by atoms with E-state index in [0.717, 1.165) is 0 Å². The summed E-state index contributed by atoms with van der Waals surface area (Å²) in [5, 5.41) is 17.7. The topological polar surface area (TPSA) is 61.1 Å². The van der Waals surface area contributed by atoms with Crippen molar-refractivity contribution in [2.24, 2.45) is 0 Å². The fraction of sp³-hybridized carbons (Fsp3) is 0.167. The van der Waals surface area contributed by atoms with Gasteiger partial charge in [0, 0.05) is 5.57 Å². The third-order valence-electron chi connectivity index (χ3n) is 2.07. The Morgan fingerprint density at radius 3 is 2.73 bits per heavy atom. The van der Waals surface area contributed by atoms with E-state index >= 15 is 0 Å². The second kappa shape index (κ2) is 4.97. The molecule has 0 spiro atoms. The Morgan fingerprint density at radius 1 is 1.53 bits per heavy atom.